The molecule has 90 valence electrons. The molecule has 4 heteroatoms. The van der Waals surface area contributed by atoms with Gasteiger partial charge in [0.15, 0.2) is 0 Å². The van der Waals surface area contributed by atoms with E-state index in [9.17, 15) is 4.39 Å². The van der Waals surface area contributed by atoms with Crippen molar-refractivity contribution in [3.8, 4) is 0 Å². The summed E-state index contributed by atoms with van der Waals surface area (Å²) in [5.74, 6) is -0.251. The Morgan fingerprint density at radius 3 is 2.88 bits per heavy atom. The molecule has 0 fully saturated rings. The van der Waals surface area contributed by atoms with E-state index in [-0.39, 0.29) is 11.9 Å². The predicted molar refractivity (Wildman–Crippen MR) is 67.5 cm³/mol. The minimum Gasteiger partial charge on any atom is -0.345 e. The zero-order valence-electron chi connectivity index (χ0n) is 9.53. The Morgan fingerprint density at radius 2 is 2.18 bits per heavy atom. The fraction of sp³-hybridized carbons (Fsp3) is 0.231. The molecule has 0 bridgehead atoms. The van der Waals surface area contributed by atoms with Gasteiger partial charge in [-0.2, -0.15) is 0 Å². The van der Waals surface area contributed by atoms with Crippen molar-refractivity contribution in [2.24, 2.45) is 5.73 Å². The highest BCUT2D eigenvalue weighted by atomic mass is 35.5. The third kappa shape index (κ3) is 2.68. The predicted octanol–water partition coefficient (Wildman–Crippen LogP) is 3.35. The number of rotatable bonds is 3. The van der Waals surface area contributed by atoms with Gasteiger partial charge in [-0.25, -0.2) is 4.39 Å². The smallest absolute Gasteiger partial charge is 0.128 e. The number of hydrogen-bond donors (Lipinski definition) is 1. The average molecular weight is 253 g/mol. The summed E-state index contributed by atoms with van der Waals surface area (Å²) in [4.78, 5) is 0. The number of benzene rings is 1. The lowest BCUT2D eigenvalue weighted by Crippen LogP contribution is -2.12. The van der Waals surface area contributed by atoms with E-state index in [4.69, 9.17) is 17.3 Å². The molecule has 2 aromatic rings. The van der Waals surface area contributed by atoms with Gasteiger partial charge in [0.2, 0.25) is 0 Å². The van der Waals surface area contributed by atoms with Crippen molar-refractivity contribution in [2.75, 3.05) is 0 Å². The fourth-order valence-corrected chi connectivity index (χ4v) is 2.03. The molecular formula is C13H14ClFN2. The maximum atomic E-state index is 13.6. The van der Waals surface area contributed by atoms with Crippen LogP contribution in [0.25, 0.3) is 0 Å². The van der Waals surface area contributed by atoms with E-state index in [1.807, 2.05) is 29.8 Å². The van der Waals surface area contributed by atoms with Gasteiger partial charge in [-0.15, -0.1) is 0 Å². The highest BCUT2D eigenvalue weighted by Gasteiger charge is 2.08. The Balaban J connectivity index is 2.31. The van der Waals surface area contributed by atoms with Gasteiger partial charge in [-0.3, -0.25) is 0 Å². The number of hydrogen-bond acceptors (Lipinski definition) is 1. The lowest BCUT2D eigenvalue weighted by Gasteiger charge is -2.12. The maximum absolute atomic E-state index is 13.6. The molecule has 2 N–H and O–H groups in total. The zero-order chi connectivity index (χ0) is 12.4. The van der Waals surface area contributed by atoms with Gasteiger partial charge >= 0.3 is 0 Å². The zero-order valence-corrected chi connectivity index (χ0v) is 10.3. The number of aromatic nitrogens is 1. The lowest BCUT2D eigenvalue weighted by molar-refractivity contribution is 0.590. The highest BCUT2D eigenvalue weighted by molar-refractivity contribution is 6.30. The van der Waals surface area contributed by atoms with Gasteiger partial charge in [0.05, 0.1) is 6.54 Å². The average Bonchev–Trinajstić information content (AvgIpc) is 2.71. The molecule has 2 nitrogen and oxygen atoms in total. The molecule has 2 rings (SSSR count). The molecule has 1 aromatic heterocycles. The van der Waals surface area contributed by atoms with Crippen LogP contribution in [0.1, 0.15) is 24.2 Å². The van der Waals surface area contributed by atoms with Gasteiger partial charge in [-0.05, 0) is 37.3 Å². The third-order valence-corrected chi connectivity index (χ3v) is 2.91. The lowest BCUT2D eigenvalue weighted by atomic mass is 10.2. The quantitative estimate of drug-likeness (QED) is 0.892. The molecular weight excluding hydrogens is 239 g/mol. The van der Waals surface area contributed by atoms with E-state index in [1.165, 1.54) is 6.07 Å². The van der Waals surface area contributed by atoms with Gasteiger partial charge in [0.25, 0.3) is 0 Å². The summed E-state index contributed by atoms with van der Waals surface area (Å²) in [6, 6.07) is 8.33. The summed E-state index contributed by atoms with van der Waals surface area (Å²) in [5.41, 5.74) is 7.38. The van der Waals surface area contributed by atoms with Gasteiger partial charge in [-0.1, -0.05) is 11.6 Å². The minimum atomic E-state index is -0.251. The van der Waals surface area contributed by atoms with E-state index in [1.54, 1.807) is 12.1 Å². The molecule has 1 atom stereocenters. The topological polar surface area (TPSA) is 30.9 Å². The van der Waals surface area contributed by atoms with Crippen LogP contribution >= 0.6 is 11.6 Å². The third-order valence-electron chi connectivity index (χ3n) is 2.68. The molecule has 1 unspecified atom stereocenters. The van der Waals surface area contributed by atoms with Crippen LogP contribution in [0.3, 0.4) is 0 Å². The van der Waals surface area contributed by atoms with Crippen LogP contribution in [-0.2, 0) is 6.54 Å². The molecule has 0 amide bonds. The van der Waals surface area contributed by atoms with Crippen LogP contribution in [-0.4, -0.2) is 4.57 Å². The van der Waals surface area contributed by atoms with Gasteiger partial charge in [0.1, 0.15) is 5.82 Å². The van der Waals surface area contributed by atoms with Crippen LogP contribution < -0.4 is 5.73 Å². The standard InChI is InChI=1S/C13H14ClFN2/c1-9(16)13-3-2-6-17(13)8-10-7-11(14)4-5-12(10)15/h2-7,9H,8,16H2,1H3. The molecule has 0 spiro atoms. The van der Waals surface area contributed by atoms with Crippen molar-refractivity contribution in [1.82, 2.24) is 4.57 Å². The summed E-state index contributed by atoms with van der Waals surface area (Å²) in [5, 5.41) is 0.538. The SMILES string of the molecule is CC(N)c1cccn1Cc1cc(Cl)ccc1F. The second-order valence-electron chi connectivity index (χ2n) is 4.09. The largest absolute Gasteiger partial charge is 0.345 e. The minimum absolute atomic E-state index is 0.0766. The Kier molecular flexibility index (Phi) is 3.50. The molecule has 1 heterocycles. The first kappa shape index (κ1) is 12.1. The molecule has 17 heavy (non-hydrogen) atoms. The first-order valence-electron chi connectivity index (χ1n) is 5.42. The van der Waals surface area contributed by atoms with Crippen molar-refractivity contribution in [1.29, 1.82) is 0 Å². The fourth-order valence-electron chi connectivity index (χ4n) is 1.83. The summed E-state index contributed by atoms with van der Waals surface area (Å²) >= 11 is 5.86. The number of nitrogens with zero attached hydrogens (tertiary/aromatic N) is 1. The van der Waals surface area contributed by atoms with E-state index in [2.05, 4.69) is 0 Å². The molecule has 0 aliphatic heterocycles. The van der Waals surface area contributed by atoms with Crippen LogP contribution in [0, 0.1) is 5.82 Å². The first-order chi connectivity index (χ1) is 8.08. The van der Waals surface area contributed by atoms with Crippen LogP contribution in [0.15, 0.2) is 36.5 Å². The molecule has 0 aliphatic carbocycles. The summed E-state index contributed by atoms with van der Waals surface area (Å²) in [7, 11) is 0. The van der Waals surface area contributed by atoms with Crippen LogP contribution in [0.2, 0.25) is 5.02 Å². The Bertz CT molecular complexity index is 520. The Morgan fingerprint density at radius 1 is 1.41 bits per heavy atom. The second kappa shape index (κ2) is 4.90. The van der Waals surface area contributed by atoms with Crippen molar-refractivity contribution in [3.63, 3.8) is 0 Å². The highest BCUT2D eigenvalue weighted by Crippen LogP contribution is 2.18. The van der Waals surface area contributed by atoms with Crippen LogP contribution in [0.4, 0.5) is 4.39 Å². The summed E-state index contributed by atoms with van der Waals surface area (Å²) in [6.45, 7) is 2.34. The molecule has 0 radical (unpaired) electrons. The van der Waals surface area contributed by atoms with Gasteiger partial charge < -0.3 is 10.3 Å². The van der Waals surface area contributed by atoms with E-state index in [0.717, 1.165) is 5.69 Å². The van der Waals surface area contributed by atoms with E-state index < -0.39 is 0 Å². The summed E-state index contributed by atoms with van der Waals surface area (Å²) < 4.78 is 15.5. The van der Waals surface area contributed by atoms with Crippen molar-refractivity contribution >= 4 is 11.6 Å². The monoisotopic (exact) mass is 252 g/mol. The Hall–Kier alpha value is -1.32. The van der Waals surface area contributed by atoms with Crippen molar-refractivity contribution in [2.45, 2.75) is 19.5 Å². The molecule has 0 saturated heterocycles. The van der Waals surface area contributed by atoms with Crippen molar-refractivity contribution in [3.05, 3.63) is 58.6 Å². The van der Waals surface area contributed by atoms with Crippen LogP contribution in [0.5, 0.6) is 0 Å². The first-order valence-corrected chi connectivity index (χ1v) is 5.80. The molecule has 0 aliphatic rings. The normalized spacial score (nSPS) is 12.7. The number of halogens is 2. The molecule has 0 saturated carbocycles. The van der Waals surface area contributed by atoms with E-state index in [0.29, 0.717) is 17.1 Å². The maximum Gasteiger partial charge on any atom is 0.128 e. The molecule has 1 aromatic carbocycles. The van der Waals surface area contributed by atoms with E-state index >= 15 is 0 Å². The number of nitrogens with two attached hydrogens (primary N) is 1. The second-order valence-corrected chi connectivity index (χ2v) is 4.52. The Labute approximate surface area is 105 Å². The van der Waals surface area contributed by atoms with Gasteiger partial charge in [0, 0.05) is 28.5 Å². The summed E-state index contributed by atoms with van der Waals surface area (Å²) in [6.07, 6.45) is 1.89. The van der Waals surface area contributed by atoms with Crippen molar-refractivity contribution < 1.29 is 4.39 Å².